The summed E-state index contributed by atoms with van der Waals surface area (Å²) in [5.74, 6) is -0.658. The average Bonchev–Trinajstić information content (AvgIpc) is 2.79. The minimum absolute atomic E-state index is 0.0548. The Hall–Kier alpha value is -4.47. The number of hydrogen-bond donors (Lipinski definition) is 2. The van der Waals surface area contributed by atoms with Gasteiger partial charge in [0.2, 0.25) is 0 Å². The van der Waals surface area contributed by atoms with E-state index in [0.717, 1.165) is 6.07 Å². The molecule has 5 rings (SSSR count). The Morgan fingerprint density at radius 3 is 2.67 bits per heavy atom. The summed E-state index contributed by atoms with van der Waals surface area (Å²) in [6.45, 7) is 1.72. The van der Waals surface area contributed by atoms with E-state index in [1.54, 1.807) is 13.0 Å². The number of aromatic amines is 1. The van der Waals surface area contributed by atoms with E-state index < -0.39 is 23.2 Å². The lowest BCUT2D eigenvalue weighted by atomic mass is 10.2. The molecule has 3 aromatic heterocycles. The summed E-state index contributed by atoms with van der Waals surface area (Å²) < 4.78 is 29.1. The minimum Gasteiger partial charge on any atom is -0.360 e. The van der Waals surface area contributed by atoms with E-state index in [-0.39, 0.29) is 39.0 Å². The highest BCUT2D eigenvalue weighted by atomic mass is 19.1. The molecule has 3 heterocycles. The maximum atomic E-state index is 14.0. The van der Waals surface area contributed by atoms with Gasteiger partial charge in [-0.05, 0) is 43.3 Å². The normalized spacial score (nSPS) is 12.2. The smallest absolute Gasteiger partial charge is 0.266 e. The van der Waals surface area contributed by atoms with Crippen LogP contribution < -0.4 is 16.3 Å². The molecule has 0 unspecified atom stereocenters. The number of nitrogens with one attached hydrogen (secondary N) is 2. The Morgan fingerprint density at radius 2 is 1.85 bits per heavy atom. The summed E-state index contributed by atoms with van der Waals surface area (Å²) in [7, 11) is 0. The molecule has 2 N–H and O–H groups in total. The van der Waals surface area contributed by atoms with Crippen molar-refractivity contribution in [2.45, 2.75) is 13.0 Å². The Morgan fingerprint density at radius 1 is 1.03 bits per heavy atom. The van der Waals surface area contributed by atoms with Crippen molar-refractivity contribution in [2.75, 3.05) is 5.32 Å². The molecule has 10 heteroatoms. The largest absolute Gasteiger partial charge is 0.360 e. The number of anilines is 1. The zero-order valence-corrected chi connectivity index (χ0v) is 17.2. The highest BCUT2D eigenvalue weighted by Crippen LogP contribution is 2.23. The predicted molar refractivity (Wildman–Crippen MR) is 119 cm³/mol. The van der Waals surface area contributed by atoms with Crippen molar-refractivity contribution in [3.63, 3.8) is 0 Å². The Kier molecular flexibility index (Phi) is 4.89. The van der Waals surface area contributed by atoms with Crippen molar-refractivity contribution in [1.82, 2.24) is 24.5 Å². The van der Waals surface area contributed by atoms with Crippen LogP contribution in [0.5, 0.6) is 0 Å². The Labute approximate surface area is 184 Å². The molecule has 164 valence electrons. The van der Waals surface area contributed by atoms with E-state index in [9.17, 15) is 18.4 Å². The van der Waals surface area contributed by atoms with Crippen LogP contribution in [0.4, 0.5) is 14.6 Å². The van der Waals surface area contributed by atoms with Crippen LogP contribution >= 0.6 is 0 Å². The summed E-state index contributed by atoms with van der Waals surface area (Å²) in [6.07, 6.45) is 2.78. The highest BCUT2D eigenvalue weighted by molar-refractivity contribution is 5.86. The highest BCUT2D eigenvalue weighted by Gasteiger charge is 2.20. The molecule has 0 fully saturated rings. The van der Waals surface area contributed by atoms with Crippen molar-refractivity contribution in [3.05, 3.63) is 99.1 Å². The number of benzene rings is 2. The van der Waals surface area contributed by atoms with Crippen molar-refractivity contribution in [3.8, 4) is 5.69 Å². The van der Waals surface area contributed by atoms with Crippen molar-refractivity contribution >= 4 is 27.8 Å². The molecule has 0 amide bonds. The molecule has 0 spiro atoms. The van der Waals surface area contributed by atoms with Gasteiger partial charge in [0.15, 0.2) is 5.43 Å². The second-order valence-corrected chi connectivity index (χ2v) is 7.41. The van der Waals surface area contributed by atoms with E-state index >= 15 is 0 Å². The summed E-state index contributed by atoms with van der Waals surface area (Å²) in [5, 5.41) is 3.41. The van der Waals surface area contributed by atoms with Crippen molar-refractivity contribution < 1.29 is 8.78 Å². The zero-order valence-electron chi connectivity index (χ0n) is 17.2. The maximum absolute atomic E-state index is 14.0. The van der Waals surface area contributed by atoms with Crippen LogP contribution in [0.3, 0.4) is 0 Å². The average molecular weight is 446 g/mol. The van der Waals surface area contributed by atoms with Crippen LogP contribution in [0.25, 0.3) is 27.6 Å². The molecule has 2 aromatic carbocycles. The first-order valence-corrected chi connectivity index (χ1v) is 9.99. The van der Waals surface area contributed by atoms with Gasteiger partial charge in [-0.3, -0.25) is 14.2 Å². The third kappa shape index (κ3) is 3.61. The predicted octanol–water partition coefficient (Wildman–Crippen LogP) is 3.47. The SMILES string of the molecule is C[C@H](Nc1ncnc2[nH]ccc(=O)c12)c1nc2ccc(F)cc2c(=O)n1-c1cccc(F)c1. The van der Waals surface area contributed by atoms with Gasteiger partial charge in [-0.2, -0.15) is 0 Å². The van der Waals surface area contributed by atoms with Crippen LogP contribution in [0.1, 0.15) is 18.8 Å². The number of hydrogen-bond acceptors (Lipinski definition) is 6. The first-order chi connectivity index (χ1) is 15.9. The number of aromatic nitrogens is 5. The van der Waals surface area contributed by atoms with E-state index in [1.165, 1.54) is 53.5 Å². The summed E-state index contributed by atoms with van der Waals surface area (Å²) in [5.41, 5.74) is 0.00938. The zero-order chi connectivity index (χ0) is 23.1. The van der Waals surface area contributed by atoms with Gasteiger partial charge in [-0.25, -0.2) is 23.7 Å². The van der Waals surface area contributed by atoms with Gasteiger partial charge in [0, 0.05) is 12.3 Å². The lowest BCUT2D eigenvalue weighted by Gasteiger charge is -2.20. The molecule has 33 heavy (non-hydrogen) atoms. The fraction of sp³-hybridized carbons (Fsp3) is 0.0870. The third-order valence-corrected chi connectivity index (χ3v) is 5.21. The van der Waals surface area contributed by atoms with Crippen LogP contribution in [-0.4, -0.2) is 24.5 Å². The molecule has 8 nitrogen and oxygen atoms in total. The lowest BCUT2D eigenvalue weighted by molar-refractivity contribution is 0.623. The van der Waals surface area contributed by atoms with Gasteiger partial charge in [0.25, 0.3) is 5.56 Å². The number of halogens is 2. The third-order valence-electron chi connectivity index (χ3n) is 5.21. The Balaban J connectivity index is 1.72. The standard InChI is InChI=1S/C23H16F2N6O2/c1-12(29-21-19-18(32)7-8-26-20(19)27-11-28-21)22-30-17-6-5-14(25)10-16(17)23(33)31(22)15-4-2-3-13(24)9-15/h2-12H,1H3,(H2,26,27,28,29,32)/t12-/m0/s1. The molecule has 0 aliphatic carbocycles. The van der Waals surface area contributed by atoms with E-state index in [4.69, 9.17) is 0 Å². The van der Waals surface area contributed by atoms with Gasteiger partial charge in [0.05, 0.1) is 22.6 Å². The second kappa shape index (κ2) is 7.90. The number of rotatable bonds is 4. The van der Waals surface area contributed by atoms with Crippen LogP contribution in [-0.2, 0) is 0 Å². The minimum atomic E-state index is -0.659. The molecule has 0 saturated carbocycles. The van der Waals surface area contributed by atoms with Crippen LogP contribution in [0.15, 0.2) is 70.6 Å². The molecule has 5 aromatic rings. The molecular weight excluding hydrogens is 430 g/mol. The van der Waals surface area contributed by atoms with E-state index in [2.05, 4.69) is 25.3 Å². The number of H-pyrrole nitrogens is 1. The molecule has 1 atom stereocenters. The number of pyridine rings is 1. The van der Waals surface area contributed by atoms with Gasteiger partial charge in [0.1, 0.15) is 40.6 Å². The fourth-order valence-corrected chi connectivity index (χ4v) is 3.72. The summed E-state index contributed by atoms with van der Waals surface area (Å²) >= 11 is 0. The van der Waals surface area contributed by atoms with Crippen LogP contribution in [0, 0.1) is 11.6 Å². The van der Waals surface area contributed by atoms with Crippen molar-refractivity contribution in [1.29, 1.82) is 0 Å². The van der Waals surface area contributed by atoms with Crippen molar-refractivity contribution in [2.24, 2.45) is 0 Å². The molecule has 0 aliphatic heterocycles. The summed E-state index contributed by atoms with van der Waals surface area (Å²) in [6, 6.07) is 9.87. The van der Waals surface area contributed by atoms with Crippen LogP contribution in [0.2, 0.25) is 0 Å². The monoisotopic (exact) mass is 446 g/mol. The molecular formula is C23H16F2N6O2. The fourth-order valence-electron chi connectivity index (χ4n) is 3.72. The second-order valence-electron chi connectivity index (χ2n) is 7.41. The lowest BCUT2D eigenvalue weighted by Crippen LogP contribution is -2.27. The van der Waals surface area contributed by atoms with E-state index in [1.807, 2.05) is 0 Å². The molecule has 0 bridgehead atoms. The van der Waals surface area contributed by atoms with E-state index in [0.29, 0.717) is 5.65 Å². The first-order valence-electron chi connectivity index (χ1n) is 9.99. The van der Waals surface area contributed by atoms with Gasteiger partial charge >= 0.3 is 0 Å². The quantitative estimate of drug-likeness (QED) is 0.438. The number of fused-ring (bicyclic) bond motifs is 2. The molecule has 0 aliphatic rings. The summed E-state index contributed by atoms with van der Waals surface area (Å²) in [4.78, 5) is 41.5. The topological polar surface area (TPSA) is 106 Å². The first kappa shape index (κ1) is 20.4. The Bertz CT molecular complexity index is 1640. The maximum Gasteiger partial charge on any atom is 0.266 e. The molecule has 0 radical (unpaired) electrons. The molecule has 0 saturated heterocycles. The van der Waals surface area contributed by atoms with Gasteiger partial charge in [-0.15, -0.1) is 0 Å². The van der Waals surface area contributed by atoms with Gasteiger partial charge in [-0.1, -0.05) is 6.07 Å². The van der Waals surface area contributed by atoms with Gasteiger partial charge < -0.3 is 10.3 Å². The number of nitrogens with zero attached hydrogens (tertiary/aromatic N) is 4.